The molecule has 2 nitrogen and oxygen atoms in total. The van der Waals surface area contributed by atoms with Gasteiger partial charge in [-0.1, -0.05) is 134 Å². The van der Waals surface area contributed by atoms with Gasteiger partial charge in [-0.25, -0.2) is 0 Å². The maximum Gasteiger partial charge on any atom is 0.0541 e. The third-order valence-corrected chi connectivity index (χ3v) is 9.81. The summed E-state index contributed by atoms with van der Waals surface area (Å²) in [4.78, 5) is 0. The van der Waals surface area contributed by atoms with Gasteiger partial charge in [-0.05, 0) is 94.1 Å². The smallest absolute Gasteiger partial charge is 0.0541 e. The molecule has 2 aromatic heterocycles. The first kappa shape index (κ1) is 29.5. The van der Waals surface area contributed by atoms with Crippen LogP contribution in [0.15, 0.2) is 183 Å². The van der Waals surface area contributed by atoms with E-state index >= 15 is 0 Å². The summed E-state index contributed by atoms with van der Waals surface area (Å²) >= 11 is 0. The molecule has 236 valence electrons. The molecule has 0 amide bonds. The molecule has 0 aliphatic heterocycles. The van der Waals surface area contributed by atoms with Gasteiger partial charge in [0.15, 0.2) is 0 Å². The van der Waals surface area contributed by atoms with Crippen molar-refractivity contribution in [3.8, 4) is 44.8 Å². The quantitative estimate of drug-likeness (QED) is 0.172. The van der Waals surface area contributed by atoms with Crippen molar-refractivity contribution >= 4 is 45.4 Å². The van der Waals surface area contributed by atoms with Gasteiger partial charge in [0, 0.05) is 32.8 Å². The van der Waals surface area contributed by atoms with Crippen LogP contribution < -0.4 is 10.6 Å². The van der Waals surface area contributed by atoms with E-state index in [4.69, 9.17) is 0 Å². The Morgan fingerprint density at radius 2 is 0.760 bits per heavy atom. The van der Waals surface area contributed by atoms with Crippen molar-refractivity contribution in [1.82, 2.24) is 9.13 Å². The normalized spacial score (nSPS) is 11.9. The second-order valence-corrected chi connectivity index (χ2v) is 12.8. The Morgan fingerprint density at radius 3 is 1.24 bits per heavy atom. The molecule has 0 aliphatic rings. The highest BCUT2D eigenvalue weighted by molar-refractivity contribution is 6.09. The van der Waals surface area contributed by atoms with Crippen LogP contribution in [-0.4, -0.2) is 9.13 Å². The van der Waals surface area contributed by atoms with Gasteiger partial charge in [0.05, 0.1) is 21.9 Å². The number of hydrogen-bond donors (Lipinski definition) is 0. The van der Waals surface area contributed by atoms with Crippen molar-refractivity contribution in [3.63, 3.8) is 0 Å². The van der Waals surface area contributed by atoms with Crippen LogP contribution in [0, 0.1) is 0 Å². The molecule has 2 heterocycles. The lowest BCUT2D eigenvalue weighted by atomic mass is 9.96. The van der Waals surface area contributed by atoms with Crippen molar-refractivity contribution in [1.29, 1.82) is 0 Å². The van der Waals surface area contributed by atoms with Crippen LogP contribution in [0.25, 0.3) is 90.1 Å². The number of hydrogen-bond acceptors (Lipinski definition) is 0. The molecule has 0 fully saturated rings. The number of benzene rings is 7. The van der Waals surface area contributed by atoms with Gasteiger partial charge in [0.1, 0.15) is 0 Å². The highest BCUT2D eigenvalue weighted by atomic mass is 15.0. The molecule has 0 bridgehead atoms. The van der Waals surface area contributed by atoms with E-state index in [2.05, 4.69) is 192 Å². The molecule has 50 heavy (non-hydrogen) atoms. The Hall–Kier alpha value is -6.64. The van der Waals surface area contributed by atoms with E-state index in [-0.39, 0.29) is 0 Å². The molecule has 7 aromatic carbocycles. The van der Waals surface area contributed by atoms with Crippen LogP contribution in [0.5, 0.6) is 0 Å². The average Bonchev–Trinajstić information content (AvgIpc) is 3.67. The zero-order valence-corrected chi connectivity index (χ0v) is 27.6. The van der Waals surface area contributed by atoms with E-state index < -0.39 is 0 Å². The predicted octanol–water partition coefficient (Wildman–Crippen LogP) is 11.1. The van der Waals surface area contributed by atoms with E-state index in [0.717, 1.165) is 38.4 Å². The van der Waals surface area contributed by atoms with Gasteiger partial charge in [-0.15, -0.1) is 0 Å². The zero-order valence-electron chi connectivity index (χ0n) is 27.6. The molecule has 0 atom stereocenters. The second kappa shape index (κ2) is 12.1. The summed E-state index contributed by atoms with van der Waals surface area (Å²) in [6.07, 6.45) is 3.88. The first-order chi connectivity index (χ1) is 24.7. The molecule has 9 aromatic rings. The summed E-state index contributed by atoms with van der Waals surface area (Å²) in [7, 11) is 0. The predicted molar refractivity (Wildman–Crippen MR) is 213 cm³/mol. The number of fused-ring (bicyclic) bond motifs is 4. The van der Waals surface area contributed by atoms with Gasteiger partial charge in [0.25, 0.3) is 0 Å². The van der Waals surface area contributed by atoms with Crippen molar-refractivity contribution in [2.75, 3.05) is 0 Å². The first-order valence-corrected chi connectivity index (χ1v) is 17.0. The summed E-state index contributed by atoms with van der Waals surface area (Å²) in [5, 5.41) is 5.74. The molecule has 0 saturated heterocycles. The van der Waals surface area contributed by atoms with Crippen LogP contribution in [0.1, 0.15) is 0 Å². The lowest BCUT2D eigenvalue weighted by Crippen LogP contribution is -2.26. The number of nitrogens with zero attached hydrogens (tertiary/aromatic N) is 2. The second-order valence-electron chi connectivity index (χ2n) is 12.8. The van der Waals surface area contributed by atoms with Gasteiger partial charge in [0.2, 0.25) is 0 Å². The SMILES string of the molecule is C=C/C=c1\c(=C)c2ccccc2n1-c1cccc(-c2cccc(-c3cccc(-c4cccc(-n5c6ccccc6c6ccccc65)c4)c3)c2)c1. The Morgan fingerprint density at radius 1 is 0.380 bits per heavy atom. The summed E-state index contributed by atoms with van der Waals surface area (Å²) in [6, 6.07) is 61.1. The molecular formula is C48H34N2. The fourth-order valence-electron chi connectivity index (χ4n) is 7.50. The van der Waals surface area contributed by atoms with E-state index in [1.807, 2.05) is 12.2 Å². The molecule has 0 spiro atoms. The minimum atomic E-state index is 1.01. The maximum atomic E-state index is 4.41. The highest BCUT2D eigenvalue weighted by Crippen LogP contribution is 2.35. The first-order valence-electron chi connectivity index (χ1n) is 17.0. The number of aromatic nitrogens is 2. The molecular weight excluding hydrogens is 605 g/mol. The van der Waals surface area contributed by atoms with Crippen LogP contribution >= 0.6 is 0 Å². The third-order valence-electron chi connectivity index (χ3n) is 9.81. The standard InChI is InChI=1S/C48H34N2/c1-3-14-45-33(2)42-23-4-7-26-46(42)49(45)40-21-12-19-38(31-40)36-17-10-15-34(29-36)35-16-11-18-37(30-35)39-20-13-22-41(32-39)50-47-27-8-5-24-43(47)44-25-6-9-28-48(44)50/h3-32H,1-2H2/b45-14+. The molecule has 0 aliphatic carbocycles. The van der Waals surface area contributed by atoms with Gasteiger partial charge in [-0.2, -0.15) is 0 Å². The van der Waals surface area contributed by atoms with Gasteiger partial charge >= 0.3 is 0 Å². The lowest BCUT2D eigenvalue weighted by Gasteiger charge is -2.12. The molecule has 9 rings (SSSR count). The molecule has 0 saturated carbocycles. The van der Waals surface area contributed by atoms with Crippen LogP contribution in [0.2, 0.25) is 0 Å². The molecule has 0 unspecified atom stereocenters. The topological polar surface area (TPSA) is 9.86 Å². The average molecular weight is 639 g/mol. The van der Waals surface area contributed by atoms with Crippen LogP contribution in [0.4, 0.5) is 0 Å². The highest BCUT2D eigenvalue weighted by Gasteiger charge is 2.13. The Bertz CT molecular complexity index is 2810. The van der Waals surface area contributed by atoms with E-state index in [1.54, 1.807) is 0 Å². The maximum absolute atomic E-state index is 4.41. The van der Waals surface area contributed by atoms with Crippen molar-refractivity contribution in [2.45, 2.75) is 0 Å². The van der Waals surface area contributed by atoms with Gasteiger partial charge < -0.3 is 9.13 Å². The Balaban J connectivity index is 1.09. The fourth-order valence-corrected chi connectivity index (χ4v) is 7.50. The third kappa shape index (κ3) is 4.89. The van der Waals surface area contributed by atoms with Crippen molar-refractivity contribution in [3.05, 3.63) is 193 Å². The fraction of sp³-hybridized carbons (Fsp3) is 0. The van der Waals surface area contributed by atoms with Crippen LogP contribution in [0.3, 0.4) is 0 Å². The Labute approximate surface area is 291 Å². The summed E-state index contributed by atoms with van der Waals surface area (Å²) < 4.78 is 4.66. The van der Waals surface area contributed by atoms with Crippen molar-refractivity contribution in [2.24, 2.45) is 0 Å². The number of rotatable bonds is 6. The van der Waals surface area contributed by atoms with Crippen molar-refractivity contribution < 1.29 is 0 Å². The monoisotopic (exact) mass is 638 g/mol. The largest absolute Gasteiger partial charge is 0.309 e. The minimum Gasteiger partial charge on any atom is -0.309 e. The van der Waals surface area contributed by atoms with Crippen LogP contribution in [-0.2, 0) is 0 Å². The zero-order chi connectivity index (χ0) is 33.6. The van der Waals surface area contributed by atoms with E-state index in [0.29, 0.717) is 0 Å². The summed E-state index contributed by atoms with van der Waals surface area (Å²) in [6.45, 7) is 8.38. The summed E-state index contributed by atoms with van der Waals surface area (Å²) in [5.41, 5.74) is 12.9. The Kier molecular flexibility index (Phi) is 7.14. The van der Waals surface area contributed by atoms with E-state index in [1.165, 1.54) is 49.6 Å². The number of allylic oxidation sites excluding steroid dienone is 1. The van der Waals surface area contributed by atoms with E-state index in [9.17, 15) is 0 Å². The summed E-state index contributed by atoms with van der Waals surface area (Å²) in [5.74, 6) is 0. The lowest BCUT2D eigenvalue weighted by molar-refractivity contribution is 1.07. The van der Waals surface area contributed by atoms with Gasteiger partial charge in [-0.3, -0.25) is 0 Å². The number of para-hydroxylation sites is 3. The molecule has 0 N–H and O–H groups in total. The molecule has 0 radical (unpaired) electrons. The molecule has 2 heteroatoms. The minimum absolute atomic E-state index is 1.01.